The molecule has 0 atom stereocenters. The van der Waals surface area contributed by atoms with Gasteiger partial charge in [-0.15, -0.1) is 10.2 Å². The van der Waals surface area contributed by atoms with Crippen LogP contribution in [-0.2, 0) is 16.1 Å². The van der Waals surface area contributed by atoms with Crippen molar-refractivity contribution in [2.75, 3.05) is 16.4 Å². The molecule has 0 fully saturated rings. The van der Waals surface area contributed by atoms with Crippen LogP contribution in [0.25, 0.3) is 11.4 Å². The van der Waals surface area contributed by atoms with Crippen LogP contribution in [0.15, 0.2) is 53.7 Å². The first-order valence-corrected chi connectivity index (χ1v) is 10.7. The Balaban J connectivity index is 1.64. The summed E-state index contributed by atoms with van der Waals surface area (Å²) in [6.45, 7) is 5.59. The molecule has 160 valence electrons. The number of carbonyl (C=O) groups is 3. The molecule has 31 heavy (non-hydrogen) atoms. The van der Waals surface area contributed by atoms with E-state index in [0.29, 0.717) is 34.5 Å². The average molecular weight is 438 g/mol. The molecule has 3 rings (SSSR count). The summed E-state index contributed by atoms with van der Waals surface area (Å²) < 4.78 is 1.94. The number of nitrogens with zero attached hydrogens (tertiary/aromatic N) is 3. The van der Waals surface area contributed by atoms with E-state index in [0.717, 1.165) is 5.56 Å². The summed E-state index contributed by atoms with van der Waals surface area (Å²) in [6, 6.07) is 14.1. The van der Waals surface area contributed by atoms with E-state index in [4.69, 9.17) is 0 Å². The molecule has 0 saturated heterocycles. The highest BCUT2D eigenvalue weighted by Crippen LogP contribution is 2.25. The number of hydrogen-bond donors (Lipinski definition) is 2. The van der Waals surface area contributed by atoms with E-state index in [9.17, 15) is 14.4 Å². The number of nitrogens with one attached hydrogen (secondary N) is 2. The predicted octanol–water partition coefficient (Wildman–Crippen LogP) is 3.86. The van der Waals surface area contributed by atoms with Crippen molar-refractivity contribution < 1.29 is 14.4 Å². The number of amides is 2. The Kier molecular flexibility index (Phi) is 7.19. The van der Waals surface area contributed by atoms with Gasteiger partial charge in [-0.3, -0.25) is 14.4 Å². The number of anilines is 2. The molecule has 0 radical (unpaired) electrons. The Bertz CT molecular complexity index is 1090. The molecule has 0 aliphatic rings. The highest BCUT2D eigenvalue weighted by molar-refractivity contribution is 7.99. The highest BCUT2D eigenvalue weighted by Gasteiger charge is 2.15. The molecule has 2 amide bonds. The van der Waals surface area contributed by atoms with Gasteiger partial charge in [-0.2, -0.15) is 0 Å². The quantitative estimate of drug-likeness (QED) is 0.409. The van der Waals surface area contributed by atoms with Gasteiger partial charge in [0.05, 0.1) is 5.75 Å². The van der Waals surface area contributed by atoms with E-state index < -0.39 is 0 Å². The number of Topliss-reactive ketones (excluding diaryl/α,β-unsaturated/α-hetero) is 1. The zero-order valence-corrected chi connectivity index (χ0v) is 18.3. The first kappa shape index (κ1) is 22.2. The summed E-state index contributed by atoms with van der Waals surface area (Å²) in [7, 11) is 0. The lowest BCUT2D eigenvalue weighted by Gasteiger charge is -2.09. The summed E-state index contributed by atoms with van der Waals surface area (Å²) in [4.78, 5) is 34.8. The number of rotatable bonds is 8. The molecule has 1 heterocycles. The molecule has 2 aromatic carbocycles. The maximum Gasteiger partial charge on any atom is 0.234 e. The van der Waals surface area contributed by atoms with Crippen LogP contribution >= 0.6 is 11.8 Å². The summed E-state index contributed by atoms with van der Waals surface area (Å²) in [5.41, 5.74) is 2.81. The normalized spacial score (nSPS) is 10.5. The molecule has 1 aromatic heterocycles. The third-order valence-corrected chi connectivity index (χ3v) is 5.37. The van der Waals surface area contributed by atoms with Crippen molar-refractivity contribution in [3.05, 3.63) is 54.1 Å². The van der Waals surface area contributed by atoms with Crippen molar-refractivity contribution in [2.45, 2.75) is 32.5 Å². The fourth-order valence-corrected chi connectivity index (χ4v) is 3.72. The number of benzene rings is 2. The van der Waals surface area contributed by atoms with Gasteiger partial charge in [0.15, 0.2) is 16.8 Å². The lowest BCUT2D eigenvalue weighted by atomic mass is 10.1. The van der Waals surface area contributed by atoms with Gasteiger partial charge in [0.2, 0.25) is 11.8 Å². The van der Waals surface area contributed by atoms with E-state index in [-0.39, 0.29) is 23.4 Å². The van der Waals surface area contributed by atoms with Crippen LogP contribution in [-0.4, -0.2) is 38.1 Å². The maximum atomic E-state index is 12.3. The van der Waals surface area contributed by atoms with E-state index >= 15 is 0 Å². The Labute approximate surface area is 184 Å². The molecule has 0 unspecified atom stereocenters. The fraction of sp³-hybridized carbons (Fsp3) is 0.227. The van der Waals surface area contributed by atoms with E-state index in [1.54, 1.807) is 24.3 Å². The van der Waals surface area contributed by atoms with Crippen molar-refractivity contribution in [2.24, 2.45) is 0 Å². The van der Waals surface area contributed by atoms with Crippen LogP contribution < -0.4 is 10.6 Å². The first-order valence-electron chi connectivity index (χ1n) is 9.72. The summed E-state index contributed by atoms with van der Waals surface area (Å²) in [5.74, 6) is 0.546. The predicted molar refractivity (Wildman–Crippen MR) is 121 cm³/mol. The van der Waals surface area contributed by atoms with E-state index in [1.165, 1.54) is 25.6 Å². The minimum atomic E-state index is -0.174. The van der Waals surface area contributed by atoms with Gasteiger partial charge >= 0.3 is 0 Å². The molecular weight excluding hydrogens is 414 g/mol. The number of aromatic nitrogens is 3. The second-order valence-corrected chi connectivity index (χ2v) is 7.72. The third-order valence-electron chi connectivity index (χ3n) is 4.40. The van der Waals surface area contributed by atoms with Crippen molar-refractivity contribution in [3.63, 3.8) is 0 Å². The lowest BCUT2D eigenvalue weighted by molar-refractivity contribution is -0.114. The largest absolute Gasteiger partial charge is 0.326 e. The molecule has 2 N–H and O–H groups in total. The highest BCUT2D eigenvalue weighted by atomic mass is 32.2. The van der Waals surface area contributed by atoms with Gasteiger partial charge < -0.3 is 15.2 Å². The average Bonchev–Trinajstić information content (AvgIpc) is 3.15. The Morgan fingerprint density at radius 3 is 2.10 bits per heavy atom. The molecule has 0 aliphatic carbocycles. The number of thioether (sulfide) groups is 1. The fourth-order valence-electron chi connectivity index (χ4n) is 2.92. The minimum absolute atomic E-state index is 0.0205. The second-order valence-electron chi connectivity index (χ2n) is 6.78. The van der Waals surface area contributed by atoms with Gasteiger partial charge in [-0.05, 0) is 62.4 Å². The molecular formula is C22H23N5O3S. The molecule has 3 aromatic rings. The van der Waals surface area contributed by atoms with Crippen LogP contribution in [0, 0.1) is 0 Å². The summed E-state index contributed by atoms with van der Waals surface area (Å²) in [5, 5.41) is 14.7. The van der Waals surface area contributed by atoms with Gasteiger partial charge in [-0.25, -0.2) is 0 Å². The Morgan fingerprint density at radius 1 is 0.903 bits per heavy atom. The van der Waals surface area contributed by atoms with Gasteiger partial charge in [0.25, 0.3) is 0 Å². The Hall–Kier alpha value is -3.46. The van der Waals surface area contributed by atoms with Crippen LogP contribution in [0.3, 0.4) is 0 Å². The zero-order valence-electron chi connectivity index (χ0n) is 17.5. The summed E-state index contributed by atoms with van der Waals surface area (Å²) in [6.07, 6.45) is 0. The monoisotopic (exact) mass is 437 g/mol. The van der Waals surface area contributed by atoms with Crippen LogP contribution in [0.1, 0.15) is 31.1 Å². The smallest absolute Gasteiger partial charge is 0.234 e. The molecule has 0 aliphatic heterocycles. The third kappa shape index (κ3) is 5.79. The van der Waals surface area contributed by atoms with Crippen molar-refractivity contribution in [1.29, 1.82) is 0 Å². The topological polar surface area (TPSA) is 106 Å². The van der Waals surface area contributed by atoms with Crippen molar-refractivity contribution >= 4 is 40.7 Å². The maximum absolute atomic E-state index is 12.3. The van der Waals surface area contributed by atoms with Crippen molar-refractivity contribution in [1.82, 2.24) is 14.8 Å². The van der Waals surface area contributed by atoms with Crippen LogP contribution in [0.2, 0.25) is 0 Å². The number of ketones is 1. The minimum Gasteiger partial charge on any atom is -0.326 e. The van der Waals surface area contributed by atoms with E-state index in [1.807, 2.05) is 35.8 Å². The molecule has 8 nitrogen and oxygen atoms in total. The Morgan fingerprint density at radius 2 is 1.52 bits per heavy atom. The second kappa shape index (κ2) is 10.0. The van der Waals surface area contributed by atoms with E-state index in [2.05, 4.69) is 20.8 Å². The molecule has 0 spiro atoms. The summed E-state index contributed by atoms with van der Waals surface area (Å²) >= 11 is 1.30. The first-order chi connectivity index (χ1) is 14.9. The standard InChI is InChI=1S/C22H23N5O3S/c1-4-27-21(17-7-11-18(12-8-17)23-15(3)29)25-26-22(27)31-13-20(30)24-19-9-5-16(6-10-19)14(2)28/h5-12H,4,13H2,1-3H3,(H,23,29)(H,24,30). The lowest BCUT2D eigenvalue weighted by Crippen LogP contribution is -2.14. The van der Waals surface area contributed by atoms with Gasteiger partial charge in [-0.1, -0.05) is 11.8 Å². The van der Waals surface area contributed by atoms with Gasteiger partial charge in [0, 0.05) is 36.0 Å². The van der Waals surface area contributed by atoms with Gasteiger partial charge in [0.1, 0.15) is 0 Å². The molecule has 9 heteroatoms. The zero-order chi connectivity index (χ0) is 22.4. The molecule has 0 bridgehead atoms. The number of hydrogen-bond acceptors (Lipinski definition) is 6. The van der Waals surface area contributed by atoms with Crippen LogP contribution in [0.5, 0.6) is 0 Å². The molecule has 0 saturated carbocycles. The van der Waals surface area contributed by atoms with Crippen molar-refractivity contribution in [3.8, 4) is 11.4 Å². The van der Waals surface area contributed by atoms with Crippen LogP contribution in [0.4, 0.5) is 11.4 Å². The SMILES string of the molecule is CCn1c(SCC(=O)Nc2ccc(C(C)=O)cc2)nnc1-c1ccc(NC(C)=O)cc1. The number of carbonyl (C=O) groups excluding carboxylic acids is 3.